The summed E-state index contributed by atoms with van der Waals surface area (Å²) in [6, 6.07) is 10.5. The molecule has 1 N–H and O–H groups in total. The summed E-state index contributed by atoms with van der Waals surface area (Å²) in [5.41, 5.74) is 2.87. The molecule has 6 nitrogen and oxygen atoms in total. The van der Waals surface area contributed by atoms with Crippen LogP contribution in [0.3, 0.4) is 0 Å². The zero-order valence-electron chi connectivity index (χ0n) is 14.3. The molecule has 27 heavy (non-hydrogen) atoms. The predicted molar refractivity (Wildman–Crippen MR) is 108 cm³/mol. The van der Waals surface area contributed by atoms with Gasteiger partial charge in [0.05, 0.1) is 10.6 Å². The average molecular weight is 418 g/mol. The van der Waals surface area contributed by atoms with Crippen molar-refractivity contribution in [1.29, 1.82) is 0 Å². The average Bonchev–Trinajstić information content (AvgIpc) is 3.21. The summed E-state index contributed by atoms with van der Waals surface area (Å²) in [5, 5.41) is 17.1. The molecular weight excluding hydrogens is 405 g/mol. The maximum absolute atomic E-state index is 12.5. The van der Waals surface area contributed by atoms with Crippen LogP contribution in [0.4, 0.5) is 5.69 Å². The highest BCUT2D eigenvalue weighted by Crippen LogP contribution is 2.29. The number of aromatic nitrogens is 4. The molecule has 0 unspecified atom stereocenters. The fourth-order valence-corrected chi connectivity index (χ4v) is 3.89. The number of aryl methyl sites for hydroxylation is 2. The molecule has 4 rings (SSSR count). The summed E-state index contributed by atoms with van der Waals surface area (Å²) in [6.45, 7) is 3.78. The Morgan fingerprint density at radius 3 is 2.67 bits per heavy atom. The van der Waals surface area contributed by atoms with E-state index in [9.17, 15) is 4.79 Å². The van der Waals surface area contributed by atoms with Crippen LogP contribution in [0.25, 0.3) is 15.5 Å². The molecule has 0 radical (unpaired) electrons. The Hall–Kier alpha value is -2.48. The van der Waals surface area contributed by atoms with Crippen LogP contribution in [0.5, 0.6) is 0 Å². The van der Waals surface area contributed by atoms with Crippen LogP contribution in [0, 0.1) is 13.8 Å². The summed E-state index contributed by atoms with van der Waals surface area (Å²) in [4.78, 5) is 13.3. The number of fused-ring (bicyclic) bond motifs is 1. The maximum atomic E-state index is 12.5. The monoisotopic (exact) mass is 417 g/mol. The van der Waals surface area contributed by atoms with E-state index in [1.807, 2.05) is 32.0 Å². The van der Waals surface area contributed by atoms with Gasteiger partial charge in [0.15, 0.2) is 5.82 Å². The molecule has 0 saturated heterocycles. The summed E-state index contributed by atoms with van der Waals surface area (Å²) in [7, 11) is 0. The molecule has 1 amide bonds. The van der Waals surface area contributed by atoms with E-state index in [-0.39, 0.29) is 5.91 Å². The first-order valence-electron chi connectivity index (χ1n) is 7.98. The van der Waals surface area contributed by atoms with Crippen molar-refractivity contribution in [2.75, 3.05) is 5.32 Å². The van der Waals surface area contributed by atoms with Gasteiger partial charge >= 0.3 is 0 Å². The second-order valence-electron chi connectivity index (χ2n) is 5.96. The molecule has 2 aromatic carbocycles. The SMILES string of the molecule is Cc1cc(-c2nn3c(C)nnc3s2)ccc1NC(=O)c1cc(Cl)ccc1Cl. The zero-order valence-corrected chi connectivity index (χ0v) is 16.7. The van der Waals surface area contributed by atoms with Gasteiger partial charge < -0.3 is 5.32 Å². The van der Waals surface area contributed by atoms with Gasteiger partial charge in [-0.05, 0) is 55.8 Å². The number of hydrogen-bond donors (Lipinski definition) is 1. The van der Waals surface area contributed by atoms with Gasteiger partial charge in [-0.25, -0.2) is 0 Å². The second kappa shape index (κ2) is 6.92. The smallest absolute Gasteiger partial charge is 0.257 e. The first-order chi connectivity index (χ1) is 12.9. The normalized spacial score (nSPS) is 11.1. The molecule has 0 spiro atoms. The van der Waals surface area contributed by atoms with E-state index in [1.165, 1.54) is 11.3 Å². The number of amides is 1. The summed E-state index contributed by atoms with van der Waals surface area (Å²) in [6.07, 6.45) is 0. The van der Waals surface area contributed by atoms with Crippen LogP contribution in [0.1, 0.15) is 21.7 Å². The molecule has 0 aliphatic carbocycles. The molecule has 0 fully saturated rings. The van der Waals surface area contributed by atoms with Gasteiger partial charge in [0.25, 0.3) is 5.91 Å². The quantitative estimate of drug-likeness (QED) is 0.507. The highest BCUT2D eigenvalue weighted by molar-refractivity contribution is 7.19. The van der Waals surface area contributed by atoms with Crippen LogP contribution in [0.15, 0.2) is 36.4 Å². The first-order valence-corrected chi connectivity index (χ1v) is 9.56. The fraction of sp³-hybridized carbons (Fsp3) is 0.111. The number of nitrogens with zero attached hydrogens (tertiary/aromatic N) is 4. The van der Waals surface area contributed by atoms with E-state index in [0.29, 0.717) is 21.3 Å². The van der Waals surface area contributed by atoms with Crippen molar-refractivity contribution in [3.05, 3.63) is 63.4 Å². The summed E-state index contributed by atoms with van der Waals surface area (Å²) in [5.74, 6) is 0.430. The molecule has 0 bridgehead atoms. The number of nitrogens with one attached hydrogen (secondary N) is 1. The number of anilines is 1. The van der Waals surface area contributed by atoms with Crippen molar-refractivity contribution < 1.29 is 4.79 Å². The molecule has 0 aliphatic heterocycles. The van der Waals surface area contributed by atoms with Gasteiger partial charge in [-0.3, -0.25) is 4.79 Å². The highest BCUT2D eigenvalue weighted by Gasteiger charge is 2.14. The Morgan fingerprint density at radius 2 is 1.93 bits per heavy atom. The first kappa shape index (κ1) is 17.9. The van der Waals surface area contributed by atoms with Crippen molar-refractivity contribution >= 4 is 51.1 Å². The number of hydrogen-bond acceptors (Lipinski definition) is 5. The lowest BCUT2D eigenvalue weighted by Gasteiger charge is -2.10. The van der Waals surface area contributed by atoms with Crippen LogP contribution >= 0.6 is 34.5 Å². The van der Waals surface area contributed by atoms with Crippen molar-refractivity contribution in [3.63, 3.8) is 0 Å². The van der Waals surface area contributed by atoms with Gasteiger partial charge in [0.2, 0.25) is 4.96 Å². The third-order valence-corrected chi connectivity index (χ3v) is 5.55. The summed E-state index contributed by atoms with van der Waals surface area (Å²) >= 11 is 13.5. The van der Waals surface area contributed by atoms with Gasteiger partial charge in [-0.15, -0.1) is 10.2 Å². The third-order valence-electron chi connectivity index (χ3n) is 4.04. The molecular formula is C18H13Cl2N5OS. The fourth-order valence-electron chi connectivity index (χ4n) is 2.63. The van der Waals surface area contributed by atoms with Gasteiger partial charge in [0.1, 0.15) is 5.01 Å². The van der Waals surface area contributed by atoms with Crippen LogP contribution < -0.4 is 5.32 Å². The standard InChI is InChI=1S/C18H13Cl2N5OS/c1-9-7-11(17-24-25-10(2)22-23-18(25)27-17)3-6-15(9)21-16(26)13-8-12(19)4-5-14(13)20/h3-8H,1-2H3,(H,21,26). The molecule has 4 aromatic rings. The molecule has 0 saturated carbocycles. The number of halogens is 2. The van der Waals surface area contributed by atoms with Crippen molar-refractivity contribution in [1.82, 2.24) is 19.8 Å². The topological polar surface area (TPSA) is 72.2 Å². The number of carbonyl (C=O) groups excluding carboxylic acids is 1. The molecule has 0 aliphatic rings. The van der Waals surface area contributed by atoms with Crippen molar-refractivity contribution in [2.24, 2.45) is 0 Å². The highest BCUT2D eigenvalue weighted by atomic mass is 35.5. The van der Waals surface area contributed by atoms with Crippen LogP contribution in [-0.2, 0) is 0 Å². The Balaban J connectivity index is 1.61. The van der Waals surface area contributed by atoms with E-state index in [4.69, 9.17) is 23.2 Å². The van der Waals surface area contributed by atoms with Crippen LogP contribution in [-0.4, -0.2) is 25.7 Å². The minimum Gasteiger partial charge on any atom is -0.322 e. The molecule has 9 heteroatoms. The van der Waals surface area contributed by atoms with E-state index in [2.05, 4.69) is 20.6 Å². The van der Waals surface area contributed by atoms with Crippen molar-refractivity contribution in [3.8, 4) is 10.6 Å². The lowest BCUT2D eigenvalue weighted by molar-refractivity contribution is 0.102. The maximum Gasteiger partial charge on any atom is 0.257 e. The van der Waals surface area contributed by atoms with E-state index >= 15 is 0 Å². The largest absolute Gasteiger partial charge is 0.322 e. The van der Waals surface area contributed by atoms with Gasteiger partial charge in [-0.2, -0.15) is 9.61 Å². The Morgan fingerprint density at radius 1 is 1.11 bits per heavy atom. The van der Waals surface area contributed by atoms with E-state index in [1.54, 1.807) is 22.7 Å². The minimum atomic E-state index is -0.312. The second-order valence-corrected chi connectivity index (χ2v) is 7.76. The van der Waals surface area contributed by atoms with E-state index in [0.717, 1.165) is 26.9 Å². The molecule has 0 atom stereocenters. The van der Waals surface area contributed by atoms with Crippen molar-refractivity contribution in [2.45, 2.75) is 13.8 Å². The number of benzene rings is 2. The third kappa shape index (κ3) is 3.41. The predicted octanol–water partition coefficient (Wildman–Crippen LogP) is 5.03. The summed E-state index contributed by atoms with van der Waals surface area (Å²) < 4.78 is 1.71. The van der Waals surface area contributed by atoms with Gasteiger partial charge in [0, 0.05) is 16.3 Å². The molecule has 2 aromatic heterocycles. The van der Waals surface area contributed by atoms with Gasteiger partial charge in [-0.1, -0.05) is 34.5 Å². The number of carbonyl (C=O) groups is 1. The Labute approximate surface area is 168 Å². The Bertz CT molecular complexity index is 1180. The lowest BCUT2D eigenvalue weighted by Crippen LogP contribution is -2.13. The number of rotatable bonds is 3. The van der Waals surface area contributed by atoms with E-state index < -0.39 is 0 Å². The lowest BCUT2D eigenvalue weighted by atomic mass is 10.1. The zero-order chi connectivity index (χ0) is 19.1. The van der Waals surface area contributed by atoms with Crippen LogP contribution in [0.2, 0.25) is 10.0 Å². The molecule has 2 heterocycles. The minimum absolute atomic E-state index is 0.312. The Kier molecular flexibility index (Phi) is 4.59. The molecule has 136 valence electrons.